The van der Waals surface area contributed by atoms with Gasteiger partial charge in [-0.3, -0.25) is 14.1 Å². The van der Waals surface area contributed by atoms with Crippen molar-refractivity contribution in [1.29, 1.82) is 0 Å². The maximum atomic E-state index is 11.7. The first-order chi connectivity index (χ1) is 10.0. The van der Waals surface area contributed by atoms with Crippen LogP contribution in [0.5, 0.6) is 0 Å². The number of ether oxygens (including phenoxy) is 2. The molecule has 0 aromatic heterocycles. The molecule has 0 aliphatic rings. The maximum Gasteiger partial charge on any atom is 0.327 e. The first-order valence-corrected chi connectivity index (χ1v) is 8.83. The van der Waals surface area contributed by atoms with Crippen LogP contribution in [0, 0.1) is 11.8 Å². The zero-order chi connectivity index (χ0) is 17.3. The largest absolute Gasteiger partial charge is 0.466 e. The first kappa shape index (κ1) is 24.1. The second kappa shape index (κ2) is 11.4. The third-order valence-electron chi connectivity index (χ3n) is 2.87. The van der Waals surface area contributed by atoms with Gasteiger partial charge in [-0.25, -0.2) is 0 Å². The van der Waals surface area contributed by atoms with Gasteiger partial charge in [0.15, 0.2) is 5.25 Å². The zero-order valence-corrected chi connectivity index (χ0v) is 15.1. The SMILES string of the molecule is CC(C)CCOC(=O)CC(C(=O)OCCC(C)C)S(=O)(=O)O.N. The van der Waals surface area contributed by atoms with Crippen LogP contribution in [0.25, 0.3) is 0 Å². The lowest BCUT2D eigenvalue weighted by Gasteiger charge is -2.14. The van der Waals surface area contributed by atoms with Crippen LogP contribution < -0.4 is 6.15 Å². The van der Waals surface area contributed by atoms with Crippen molar-refractivity contribution in [3.8, 4) is 0 Å². The summed E-state index contributed by atoms with van der Waals surface area (Å²) in [7, 11) is -4.73. The summed E-state index contributed by atoms with van der Waals surface area (Å²) >= 11 is 0. The Morgan fingerprint density at radius 2 is 1.39 bits per heavy atom. The lowest BCUT2D eigenvalue weighted by Crippen LogP contribution is -2.34. The lowest BCUT2D eigenvalue weighted by atomic mass is 10.1. The Balaban J connectivity index is 0. The summed E-state index contributed by atoms with van der Waals surface area (Å²) in [5, 5.41) is -1.94. The van der Waals surface area contributed by atoms with Crippen LogP contribution >= 0.6 is 0 Å². The molecule has 0 heterocycles. The summed E-state index contributed by atoms with van der Waals surface area (Å²) in [6.07, 6.45) is 0.432. The topological polar surface area (TPSA) is 142 Å². The van der Waals surface area contributed by atoms with Crippen molar-refractivity contribution in [2.24, 2.45) is 11.8 Å². The van der Waals surface area contributed by atoms with Crippen LogP contribution in [0.4, 0.5) is 0 Å². The van der Waals surface area contributed by atoms with E-state index in [1.165, 1.54) is 0 Å². The van der Waals surface area contributed by atoms with E-state index in [1.807, 2.05) is 27.7 Å². The van der Waals surface area contributed by atoms with Crippen molar-refractivity contribution < 1.29 is 32.0 Å². The summed E-state index contributed by atoms with van der Waals surface area (Å²) in [6, 6.07) is 0. The number of hydrogen-bond donors (Lipinski definition) is 2. The molecule has 1 atom stereocenters. The molecule has 0 fully saturated rings. The van der Waals surface area contributed by atoms with E-state index in [-0.39, 0.29) is 25.3 Å². The molecule has 0 amide bonds. The van der Waals surface area contributed by atoms with E-state index in [2.05, 4.69) is 0 Å². The zero-order valence-electron chi connectivity index (χ0n) is 14.3. The average molecular weight is 355 g/mol. The van der Waals surface area contributed by atoms with Gasteiger partial charge in [0.25, 0.3) is 10.1 Å². The number of esters is 2. The molecule has 0 radical (unpaired) electrons. The number of hydrogen-bond acceptors (Lipinski definition) is 7. The fourth-order valence-corrected chi connectivity index (χ4v) is 2.08. The highest BCUT2D eigenvalue weighted by atomic mass is 32.2. The maximum absolute atomic E-state index is 11.7. The molecular weight excluding hydrogens is 326 g/mol. The summed E-state index contributed by atoms with van der Waals surface area (Å²) in [6.45, 7) is 7.89. The Kier molecular flexibility index (Phi) is 11.9. The Morgan fingerprint density at radius 1 is 0.957 bits per heavy atom. The fourth-order valence-electron chi connectivity index (χ4n) is 1.42. The third-order valence-corrected chi connectivity index (χ3v) is 3.95. The van der Waals surface area contributed by atoms with Gasteiger partial charge < -0.3 is 15.6 Å². The van der Waals surface area contributed by atoms with Crippen molar-refractivity contribution in [2.45, 2.75) is 52.2 Å². The standard InChI is InChI=1S/C14H26O7S.H3N/c1-10(2)5-7-20-13(15)9-12(22(17,18)19)14(16)21-8-6-11(3)4;/h10-12H,5-9H2,1-4H3,(H,17,18,19);1H3. The van der Waals surface area contributed by atoms with Crippen molar-refractivity contribution >= 4 is 22.1 Å². The van der Waals surface area contributed by atoms with Crippen LogP contribution in [0.3, 0.4) is 0 Å². The molecule has 8 nitrogen and oxygen atoms in total. The van der Waals surface area contributed by atoms with E-state index in [1.54, 1.807) is 0 Å². The molecule has 9 heteroatoms. The first-order valence-electron chi connectivity index (χ1n) is 7.32. The number of carbonyl (C=O) groups is 2. The molecule has 0 aromatic carbocycles. The van der Waals surface area contributed by atoms with Crippen LogP contribution in [0.15, 0.2) is 0 Å². The molecule has 0 spiro atoms. The van der Waals surface area contributed by atoms with Gasteiger partial charge in [-0.1, -0.05) is 27.7 Å². The Morgan fingerprint density at radius 3 is 1.78 bits per heavy atom. The van der Waals surface area contributed by atoms with E-state index in [9.17, 15) is 18.0 Å². The van der Waals surface area contributed by atoms with Gasteiger partial charge in [0, 0.05) is 0 Å². The molecule has 23 heavy (non-hydrogen) atoms. The smallest absolute Gasteiger partial charge is 0.327 e. The van der Waals surface area contributed by atoms with Crippen molar-refractivity contribution in [2.75, 3.05) is 13.2 Å². The Bertz CT molecular complexity index is 460. The van der Waals surface area contributed by atoms with Gasteiger partial charge in [-0.15, -0.1) is 0 Å². The quantitative estimate of drug-likeness (QED) is 0.447. The lowest BCUT2D eigenvalue weighted by molar-refractivity contribution is -0.150. The molecule has 4 N–H and O–H groups in total. The van der Waals surface area contributed by atoms with Gasteiger partial charge in [-0.05, 0) is 24.7 Å². The van der Waals surface area contributed by atoms with Gasteiger partial charge in [0.2, 0.25) is 0 Å². The van der Waals surface area contributed by atoms with Crippen LogP contribution in [-0.2, 0) is 29.2 Å². The molecule has 138 valence electrons. The van der Waals surface area contributed by atoms with E-state index >= 15 is 0 Å². The third kappa shape index (κ3) is 12.0. The Hall–Kier alpha value is -1.19. The molecule has 0 rings (SSSR count). The minimum Gasteiger partial charge on any atom is -0.466 e. The molecule has 0 aliphatic carbocycles. The summed E-state index contributed by atoms with van der Waals surface area (Å²) in [4.78, 5) is 23.3. The van der Waals surface area contributed by atoms with E-state index < -0.39 is 33.7 Å². The number of carbonyl (C=O) groups excluding carboxylic acids is 2. The number of rotatable bonds is 10. The van der Waals surface area contributed by atoms with E-state index in [0.29, 0.717) is 18.8 Å². The van der Waals surface area contributed by atoms with E-state index in [4.69, 9.17) is 14.0 Å². The van der Waals surface area contributed by atoms with Crippen molar-refractivity contribution in [3.05, 3.63) is 0 Å². The normalized spacial score (nSPS) is 12.7. The monoisotopic (exact) mass is 355 g/mol. The second-order valence-electron chi connectivity index (χ2n) is 5.96. The highest BCUT2D eigenvalue weighted by Crippen LogP contribution is 2.10. The average Bonchev–Trinajstić information content (AvgIpc) is 2.33. The summed E-state index contributed by atoms with van der Waals surface area (Å²) in [5.74, 6) is -1.39. The van der Waals surface area contributed by atoms with Gasteiger partial charge in [-0.2, -0.15) is 8.42 Å². The van der Waals surface area contributed by atoms with Gasteiger partial charge >= 0.3 is 11.9 Å². The molecule has 0 bridgehead atoms. The van der Waals surface area contributed by atoms with Crippen LogP contribution in [0.2, 0.25) is 0 Å². The molecular formula is C14H29NO7S. The highest BCUT2D eigenvalue weighted by Gasteiger charge is 2.35. The summed E-state index contributed by atoms with van der Waals surface area (Å²) in [5.41, 5.74) is 0. The second-order valence-corrected chi connectivity index (χ2v) is 7.56. The molecule has 0 saturated heterocycles. The van der Waals surface area contributed by atoms with Gasteiger partial charge in [0.1, 0.15) is 0 Å². The minimum atomic E-state index is -4.73. The van der Waals surface area contributed by atoms with E-state index in [0.717, 1.165) is 0 Å². The fraction of sp³-hybridized carbons (Fsp3) is 0.857. The van der Waals surface area contributed by atoms with Gasteiger partial charge in [0.05, 0.1) is 19.6 Å². The molecule has 1 unspecified atom stereocenters. The molecule has 0 aliphatic heterocycles. The predicted octanol–water partition coefficient (Wildman–Crippen LogP) is 1.97. The minimum absolute atomic E-state index is 0. The highest BCUT2D eigenvalue weighted by molar-refractivity contribution is 7.87. The van der Waals surface area contributed by atoms with Crippen LogP contribution in [0.1, 0.15) is 47.0 Å². The van der Waals surface area contributed by atoms with Crippen molar-refractivity contribution in [1.82, 2.24) is 6.15 Å². The predicted molar refractivity (Wildman–Crippen MR) is 85.8 cm³/mol. The Labute approximate surface area is 138 Å². The van der Waals surface area contributed by atoms with Crippen molar-refractivity contribution in [3.63, 3.8) is 0 Å². The molecule has 0 saturated carbocycles. The van der Waals surface area contributed by atoms with Crippen LogP contribution in [-0.4, -0.2) is 43.4 Å². The summed E-state index contributed by atoms with van der Waals surface area (Å²) < 4.78 is 41.2. The molecule has 0 aromatic rings.